The molecule has 1 aliphatic heterocycles. The first-order valence-electron chi connectivity index (χ1n) is 5.77. The first-order chi connectivity index (χ1) is 7.92. The molecule has 2 aromatic rings. The van der Waals surface area contributed by atoms with Crippen molar-refractivity contribution < 1.29 is 0 Å². The lowest BCUT2D eigenvalue weighted by Crippen LogP contribution is -2.42. The number of hydrogen-bond donors (Lipinski definition) is 2. The molecule has 0 bridgehead atoms. The minimum Gasteiger partial charge on any atom is -0.314 e. The molecule has 16 heavy (non-hydrogen) atoms. The van der Waals surface area contributed by atoms with E-state index in [-0.39, 0.29) is 0 Å². The van der Waals surface area contributed by atoms with Crippen LogP contribution in [0.25, 0.3) is 10.9 Å². The molecule has 3 rings (SSSR count). The summed E-state index contributed by atoms with van der Waals surface area (Å²) in [6.07, 6.45) is 1.87. The lowest BCUT2D eigenvalue weighted by Gasteiger charge is -2.27. The molecule has 1 aliphatic rings. The minimum absolute atomic E-state index is 1.04. The molecule has 4 nitrogen and oxygen atoms in total. The second-order valence-corrected chi connectivity index (χ2v) is 4.32. The van der Waals surface area contributed by atoms with Gasteiger partial charge < -0.3 is 5.32 Å². The van der Waals surface area contributed by atoms with Crippen molar-refractivity contribution in [1.82, 2.24) is 20.4 Å². The Morgan fingerprint density at radius 1 is 1.25 bits per heavy atom. The molecule has 1 aromatic carbocycles. The van der Waals surface area contributed by atoms with Crippen LogP contribution in [-0.2, 0) is 6.54 Å². The number of fused-ring (bicyclic) bond motifs is 1. The fourth-order valence-electron chi connectivity index (χ4n) is 2.21. The van der Waals surface area contributed by atoms with E-state index in [1.54, 1.807) is 0 Å². The molecule has 0 aliphatic carbocycles. The number of benzene rings is 1. The third-order valence-electron chi connectivity index (χ3n) is 3.12. The topological polar surface area (TPSA) is 44.0 Å². The minimum atomic E-state index is 1.04. The summed E-state index contributed by atoms with van der Waals surface area (Å²) >= 11 is 0. The van der Waals surface area contributed by atoms with Gasteiger partial charge in [0.05, 0.1) is 11.7 Å². The van der Waals surface area contributed by atoms with Gasteiger partial charge in [-0.2, -0.15) is 5.10 Å². The smallest absolute Gasteiger partial charge is 0.0653 e. The second-order valence-electron chi connectivity index (χ2n) is 4.32. The highest BCUT2D eigenvalue weighted by atomic mass is 15.2. The molecule has 1 saturated heterocycles. The van der Waals surface area contributed by atoms with E-state index in [9.17, 15) is 0 Å². The monoisotopic (exact) mass is 216 g/mol. The van der Waals surface area contributed by atoms with E-state index in [1.807, 2.05) is 6.20 Å². The SMILES string of the molecule is c1cc2cn[nH]c2cc1CN1CCNCC1. The van der Waals surface area contributed by atoms with Gasteiger partial charge in [-0.05, 0) is 11.6 Å². The summed E-state index contributed by atoms with van der Waals surface area (Å²) in [5, 5.41) is 11.6. The van der Waals surface area contributed by atoms with Crippen LogP contribution in [0.4, 0.5) is 0 Å². The number of aromatic amines is 1. The van der Waals surface area contributed by atoms with E-state index in [0.29, 0.717) is 0 Å². The van der Waals surface area contributed by atoms with Gasteiger partial charge in [0, 0.05) is 38.1 Å². The number of nitrogens with zero attached hydrogens (tertiary/aromatic N) is 2. The van der Waals surface area contributed by atoms with Crippen LogP contribution in [-0.4, -0.2) is 41.3 Å². The summed E-state index contributed by atoms with van der Waals surface area (Å²) in [5.41, 5.74) is 2.49. The number of aromatic nitrogens is 2. The molecule has 2 heterocycles. The third kappa shape index (κ3) is 1.94. The van der Waals surface area contributed by atoms with Gasteiger partial charge >= 0.3 is 0 Å². The van der Waals surface area contributed by atoms with E-state index in [4.69, 9.17) is 0 Å². The highest BCUT2D eigenvalue weighted by Crippen LogP contribution is 2.14. The van der Waals surface area contributed by atoms with Crippen LogP contribution in [0.15, 0.2) is 24.4 Å². The summed E-state index contributed by atoms with van der Waals surface area (Å²) in [4.78, 5) is 2.48. The van der Waals surface area contributed by atoms with Gasteiger partial charge in [-0.3, -0.25) is 10.00 Å². The van der Waals surface area contributed by atoms with E-state index < -0.39 is 0 Å². The predicted molar refractivity (Wildman–Crippen MR) is 64.2 cm³/mol. The zero-order valence-electron chi connectivity index (χ0n) is 9.24. The largest absolute Gasteiger partial charge is 0.314 e. The van der Waals surface area contributed by atoms with Crippen molar-refractivity contribution in [3.8, 4) is 0 Å². The maximum atomic E-state index is 4.04. The first-order valence-corrected chi connectivity index (χ1v) is 5.77. The fourth-order valence-corrected chi connectivity index (χ4v) is 2.21. The van der Waals surface area contributed by atoms with Gasteiger partial charge in [0.15, 0.2) is 0 Å². The summed E-state index contributed by atoms with van der Waals surface area (Å²) in [6, 6.07) is 6.53. The number of nitrogens with one attached hydrogen (secondary N) is 2. The maximum Gasteiger partial charge on any atom is 0.0653 e. The van der Waals surface area contributed by atoms with Gasteiger partial charge in [0.2, 0.25) is 0 Å². The molecule has 0 amide bonds. The molecule has 0 saturated carbocycles. The fraction of sp³-hybridized carbons (Fsp3) is 0.417. The molecular formula is C12H16N4. The molecule has 0 radical (unpaired) electrons. The lowest BCUT2D eigenvalue weighted by molar-refractivity contribution is 0.233. The van der Waals surface area contributed by atoms with Crippen molar-refractivity contribution in [2.45, 2.75) is 6.54 Å². The van der Waals surface area contributed by atoms with Crippen LogP contribution < -0.4 is 5.32 Å². The molecule has 1 fully saturated rings. The van der Waals surface area contributed by atoms with Crippen LogP contribution in [0.2, 0.25) is 0 Å². The number of piperazine rings is 1. The zero-order chi connectivity index (χ0) is 10.8. The van der Waals surface area contributed by atoms with Crippen molar-refractivity contribution in [2.75, 3.05) is 26.2 Å². The molecule has 0 atom stereocenters. The van der Waals surface area contributed by atoms with Gasteiger partial charge in [-0.25, -0.2) is 0 Å². The van der Waals surface area contributed by atoms with Crippen molar-refractivity contribution >= 4 is 10.9 Å². The predicted octanol–water partition coefficient (Wildman–Crippen LogP) is 0.968. The average molecular weight is 216 g/mol. The summed E-state index contributed by atoms with van der Waals surface area (Å²) in [6.45, 7) is 5.53. The zero-order valence-corrected chi connectivity index (χ0v) is 9.24. The Bertz CT molecular complexity index is 471. The highest BCUT2D eigenvalue weighted by molar-refractivity contribution is 5.78. The van der Waals surface area contributed by atoms with Gasteiger partial charge in [-0.15, -0.1) is 0 Å². The molecule has 2 N–H and O–H groups in total. The quantitative estimate of drug-likeness (QED) is 0.786. The van der Waals surface area contributed by atoms with Crippen molar-refractivity contribution in [3.05, 3.63) is 30.0 Å². The molecule has 0 unspecified atom stereocenters. The van der Waals surface area contributed by atoms with Crippen LogP contribution in [0.5, 0.6) is 0 Å². The Hall–Kier alpha value is -1.39. The second kappa shape index (κ2) is 4.23. The van der Waals surface area contributed by atoms with Gasteiger partial charge in [0.25, 0.3) is 0 Å². The van der Waals surface area contributed by atoms with Crippen molar-refractivity contribution in [2.24, 2.45) is 0 Å². The van der Waals surface area contributed by atoms with Crippen LogP contribution in [0, 0.1) is 0 Å². The summed E-state index contributed by atoms with van der Waals surface area (Å²) in [7, 11) is 0. The Labute approximate surface area is 94.6 Å². The summed E-state index contributed by atoms with van der Waals surface area (Å²) in [5.74, 6) is 0. The third-order valence-corrected chi connectivity index (χ3v) is 3.12. The van der Waals surface area contributed by atoms with Gasteiger partial charge in [0.1, 0.15) is 0 Å². The number of rotatable bonds is 2. The van der Waals surface area contributed by atoms with E-state index in [2.05, 4.69) is 38.6 Å². The van der Waals surface area contributed by atoms with Crippen molar-refractivity contribution in [1.29, 1.82) is 0 Å². The Kier molecular flexibility index (Phi) is 2.60. The molecule has 1 aromatic heterocycles. The Balaban J connectivity index is 1.77. The van der Waals surface area contributed by atoms with Crippen LogP contribution >= 0.6 is 0 Å². The molecule has 4 heteroatoms. The standard InChI is InChI=1S/C12H16N4/c1-2-11-8-14-15-12(11)7-10(1)9-16-5-3-13-4-6-16/h1-2,7-8,13H,3-6,9H2,(H,14,15). The average Bonchev–Trinajstić information content (AvgIpc) is 2.77. The highest BCUT2D eigenvalue weighted by Gasteiger charge is 2.09. The van der Waals surface area contributed by atoms with Crippen LogP contribution in [0.1, 0.15) is 5.56 Å². The Morgan fingerprint density at radius 2 is 2.12 bits per heavy atom. The van der Waals surface area contributed by atoms with Crippen LogP contribution in [0.3, 0.4) is 0 Å². The first kappa shape index (κ1) is 9.81. The summed E-state index contributed by atoms with van der Waals surface area (Å²) < 4.78 is 0. The molecule has 84 valence electrons. The lowest BCUT2D eigenvalue weighted by atomic mass is 10.1. The van der Waals surface area contributed by atoms with E-state index in [1.165, 1.54) is 10.9 Å². The molecular weight excluding hydrogens is 200 g/mol. The maximum absolute atomic E-state index is 4.04. The van der Waals surface area contributed by atoms with E-state index >= 15 is 0 Å². The Morgan fingerprint density at radius 3 is 3.00 bits per heavy atom. The van der Waals surface area contributed by atoms with Gasteiger partial charge in [-0.1, -0.05) is 12.1 Å². The normalized spacial score (nSPS) is 18.0. The van der Waals surface area contributed by atoms with Crippen molar-refractivity contribution in [3.63, 3.8) is 0 Å². The van der Waals surface area contributed by atoms with E-state index in [0.717, 1.165) is 38.2 Å². The number of hydrogen-bond acceptors (Lipinski definition) is 3. The number of H-pyrrole nitrogens is 1. The molecule has 0 spiro atoms.